The summed E-state index contributed by atoms with van der Waals surface area (Å²) in [5.74, 6) is -1.95. The lowest BCUT2D eigenvalue weighted by Crippen LogP contribution is -2.33. The lowest BCUT2D eigenvalue weighted by atomic mass is 9.96. The predicted molar refractivity (Wildman–Crippen MR) is 85.8 cm³/mol. The number of rotatable bonds is 8. The van der Waals surface area contributed by atoms with Crippen LogP contribution in [0.4, 0.5) is 4.39 Å². The number of carbonyl (C=O) groups is 2. The van der Waals surface area contributed by atoms with Crippen molar-refractivity contribution in [3.05, 3.63) is 47.0 Å². The van der Waals surface area contributed by atoms with Gasteiger partial charge in [-0.3, -0.25) is 9.59 Å². The standard InChI is InChI=1S/C17H21FN2O4/c1-11(22)14-15(12-3-5-13(18)6-4-12)20(17(24)16(14)23)9-2-7-19-8-10-21/h3-6,15,19,21,23H,2,7-10H2,1H3. The molecule has 0 bridgehead atoms. The molecule has 1 unspecified atom stereocenters. The molecular weight excluding hydrogens is 315 g/mol. The number of nitrogens with zero attached hydrogens (tertiary/aromatic N) is 1. The van der Waals surface area contributed by atoms with Gasteiger partial charge in [0.25, 0.3) is 5.91 Å². The third-order valence-electron chi connectivity index (χ3n) is 3.91. The van der Waals surface area contributed by atoms with E-state index in [2.05, 4.69) is 5.32 Å². The van der Waals surface area contributed by atoms with E-state index in [9.17, 15) is 19.1 Å². The Kier molecular flexibility index (Phi) is 6.05. The summed E-state index contributed by atoms with van der Waals surface area (Å²) in [7, 11) is 0. The first-order valence-electron chi connectivity index (χ1n) is 7.79. The van der Waals surface area contributed by atoms with Crippen LogP contribution < -0.4 is 5.32 Å². The number of hydrogen-bond donors (Lipinski definition) is 3. The second kappa shape index (κ2) is 8.03. The van der Waals surface area contributed by atoms with Gasteiger partial charge < -0.3 is 20.4 Å². The Bertz CT molecular complexity index is 642. The predicted octanol–water partition coefficient (Wildman–Crippen LogP) is 1.08. The second-order valence-corrected chi connectivity index (χ2v) is 5.60. The van der Waals surface area contributed by atoms with E-state index in [0.717, 1.165) is 0 Å². The Morgan fingerprint density at radius 2 is 1.96 bits per heavy atom. The third-order valence-corrected chi connectivity index (χ3v) is 3.91. The minimum atomic E-state index is -0.714. The zero-order chi connectivity index (χ0) is 17.7. The molecule has 0 fully saturated rings. The van der Waals surface area contributed by atoms with Crippen molar-refractivity contribution in [2.24, 2.45) is 0 Å². The van der Waals surface area contributed by atoms with Gasteiger partial charge in [0.2, 0.25) is 0 Å². The largest absolute Gasteiger partial charge is 0.503 e. The first kappa shape index (κ1) is 18.1. The van der Waals surface area contributed by atoms with Crippen LogP contribution >= 0.6 is 0 Å². The van der Waals surface area contributed by atoms with Crippen LogP contribution in [0.15, 0.2) is 35.6 Å². The Labute approximate surface area is 139 Å². The summed E-state index contributed by atoms with van der Waals surface area (Å²) >= 11 is 0. The number of aliphatic hydroxyl groups excluding tert-OH is 2. The van der Waals surface area contributed by atoms with Crippen molar-refractivity contribution in [1.82, 2.24) is 10.2 Å². The Morgan fingerprint density at radius 3 is 2.54 bits per heavy atom. The molecule has 6 nitrogen and oxygen atoms in total. The van der Waals surface area contributed by atoms with Crippen molar-refractivity contribution in [3.8, 4) is 0 Å². The molecule has 3 N–H and O–H groups in total. The number of hydrogen-bond acceptors (Lipinski definition) is 5. The molecule has 0 saturated carbocycles. The quantitative estimate of drug-likeness (QED) is 0.618. The van der Waals surface area contributed by atoms with E-state index in [1.54, 1.807) is 0 Å². The van der Waals surface area contributed by atoms with Crippen LogP contribution in [0.3, 0.4) is 0 Å². The first-order chi connectivity index (χ1) is 11.5. The van der Waals surface area contributed by atoms with E-state index < -0.39 is 29.3 Å². The van der Waals surface area contributed by atoms with Gasteiger partial charge in [0, 0.05) is 13.1 Å². The topological polar surface area (TPSA) is 89.9 Å². The zero-order valence-electron chi connectivity index (χ0n) is 13.5. The van der Waals surface area contributed by atoms with Crippen molar-refractivity contribution < 1.29 is 24.2 Å². The molecule has 1 aromatic carbocycles. The Hall–Kier alpha value is -2.25. The Morgan fingerprint density at radius 1 is 1.29 bits per heavy atom. The summed E-state index contributed by atoms with van der Waals surface area (Å²) in [6, 6.07) is 4.81. The van der Waals surface area contributed by atoms with Crippen LogP contribution in [0.5, 0.6) is 0 Å². The minimum Gasteiger partial charge on any atom is -0.503 e. The van der Waals surface area contributed by atoms with Gasteiger partial charge in [-0.15, -0.1) is 0 Å². The van der Waals surface area contributed by atoms with Gasteiger partial charge in [-0.2, -0.15) is 0 Å². The zero-order valence-corrected chi connectivity index (χ0v) is 13.5. The molecule has 7 heteroatoms. The van der Waals surface area contributed by atoms with E-state index in [1.807, 2.05) is 0 Å². The molecule has 0 spiro atoms. The highest BCUT2D eigenvalue weighted by atomic mass is 19.1. The minimum absolute atomic E-state index is 0.0255. The number of nitrogens with one attached hydrogen (secondary N) is 1. The SMILES string of the molecule is CC(=O)C1=C(O)C(=O)N(CCCNCCO)C1c1ccc(F)cc1. The van der Waals surface area contributed by atoms with Crippen molar-refractivity contribution in [2.45, 2.75) is 19.4 Å². The molecular formula is C17H21FN2O4. The van der Waals surface area contributed by atoms with Gasteiger partial charge in [-0.05, 0) is 37.6 Å². The van der Waals surface area contributed by atoms with Crippen molar-refractivity contribution in [3.63, 3.8) is 0 Å². The van der Waals surface area contributed by atoms with Crippen molar-refractivity contribution >= 4 is 11.7 Å². The molecule has 0 saturated heterocycles. The summed E-state index contributed by atoms with van der Waals surface area (Å²) < 4.78 is 13.2. The lowest BCUT2D eigenvalue weighted by Gasteiger charge is -2.26. The van der Waals surface area contributed by atoms with Crippen LogP contribution in [0.1, 0.15) is 24.9 Å². The molecule has 2 rings (SSSR count). The van der Waals surface area contributed by atoms with Crippen LogP contribution in [0.2, 0.25) is 0 Å². The highest BCUT2D eigenvalue weighted by molar-refractivity contribution is 6.08. The molecule has 1 aliphatic heterocycles. The number of halogens is 1. The molecule has 1 aromatic rings. The molecule has 0 aromatic heterocycles. The third kappa shape index (κ3) is 3.80. The smallest absolute Gasteiger partial charge is 0.290 e. The summed E-state index contributed by atoms with van der Waals surface area (Å²) in [6.45, 7) is 2.67. The summed E-state index contributed by atoms with van der Waals surface area (Å²) in [5, 5.41) is 21.8. The van der Waals surface area contributed by atoms with Crippen molar-refractivity contribution in [2.75, 3.05) is 26.2 Å². The Balaban J connectivity index is 2.23. The number of Topliss-reactive ketones (excluding diaryl/α,β-unsaturated/α-hetero) is 1. The maximum atomic E-state index is 13.2. The average Bonchev–Trinajstić information content (AvgIpc) is 2.80. The van der Waals surface area contributed by atoms with Gasteiger partial charge in [-0.25, -0.2) is 4.39 Å². The molecule has 24 heavy (non-hydrogen) atoms. The van der Waals surface area contributed by atoms with Gasteiger partial charge in [0.05, 0.1) is 18.2 Å². The molecule has 1 amide bonds. The molecule has 0 radical (unpaired) electrons. The van der Waals surface area contributed by atoms with Crippen LogP contribution in [0.25, 0.3) is 0 Å². The number of benzene rings is 1. The van der Waals surface area contributed by atoms with Crippen LogP contribution in [0, 0.1) is 5.82 Å². The summed E-state index contributed by atoms with van der Waals surface area (Å²) in [4.78, 5) is 25.6. The van der Waals surface area contributed by atoms with Gasteiger partial charge in [0.1, 0.15) is 5.82 Å². The number of carbonyl (C=O) groups excluding carboxylic acids is 2. The number of aliphatic hydroxyl groups is 2. The average molecular weight is 336 g/mol. The van der Waals surface area contributed by atoms with Crippen molar-refractivity contribution in [1.29, 1.82) is 0 Å². The number of ketones is 1. The maximum absolute atomic E-state index is 13.2. The van der Waals surface area contributed by atoms with E-state index in [4.69, 9.17) is 5.11 Å². The molecule has 1 heterocycles. The first-order valence-corrected chi connectivity index (χ1v) is 7.79. The van der Waals surface area contributed by atoms with Gasteiger partial charge in [0.15, 0.2) is 11.5 Å². The molecule has 0 aliphatic carbocycles. The molecule has 1 atom stereocenters. The summed E-state index contributed by atoms with van der Waals surface area (Å²) in [6.07, 6.45) is 0.585. The fourth-order valence-corrected chi connectivity index (χ4v) is 2.81. The van der Waals surface area contributed by atoms with E-state index in [-0.39, 0.29) is 12.2 Å². The van der Waals surface area contributed by atoms with Crippen LogP contribution in [-0.2, 0) is 9.59 Å². The fourth-order valence-electron chi connectivity index (χ4n) is 2.81. The van der Waals surface area contributed by atoms with Crippen LogP contribution in [-0.4, -0.2) is 53.0 Å². The van der Waals surface area contributed by atoms with Gasteiger partial charge in [-0.1, -0.05) is 12.1 Å². The fraction of sp³-hybridized carbons (Fsp3) is 0.412. The van der Waals surface area contributed by atoms with E-state index in [0.29, 0.717) is 31.6 Å². The van der Waals surface area contributed by atoms with E-state index in [1.165, 1.54) is 36.1 Å². The summed E-state index contributed by atoms with van der Waals surface area (Å²) in [5.41, 5.74) is 0.609. The highest BCUT2D eigenvalue weighted by Gasteiger charge is 2.41. The monoisotopic (exact) mass is 336 g/mol. The number of amides is 1. The highest BCUT2D eigenvalue weighted by Crippen LogP contribution is 2.37. The van der Waals surface area contributed by atoms with Gasteiger partial charge >= 0.3 is 0 Å². The molecule has 1 aliphatic rings. The molecule has 130 valence electrons. The normalized spacial score (nSPS) is 17.7. The second-order valence-electron chi connectivity index (χ2n) is 5.60. The maximum Gasteiger partial charge on any atom is 0.290 e. The van der Waals surface area contributed by atoms with E-state index >= 15 is 0 Å². The lowest BCUT2D eigenvalue weighted by molar-refractivity contribution is -0.129.